The molecule has 26 heavy (non-hydrogen) atoms. The van der Waals surface area contributed by atoms with Crippen LogP contribution in [0.4, 0.5) is 5.69 Å². The first-order valence-corrected chi connectivity index (χ1v) is 7.90. The second kappa shape index (κ2) is 7.44. The first kappa shape index (κ1) is 17.1. The van der Waals surface area contributed by atoms with Crippen LogP contribution in [-0.4, -0.2) is 15.8 Å². The molecule has 0 radical (unpaired) electrons. The molecule has 5 nitrogen and oxygen atoms in total. The van der Waals surface area contributed by atoms with E-state index in [0.29, 0.717) is 16.7 Å². The highest BCUT2D eigenvalue weighted by molar-refractivity contribution is 6.33. The fourth-order valence-corrected chi connectivity index (χ4v) is 2.57. The van der Waals surface area contributed by atoms with Crippen molar-refractivity contribution in [3.05, 3.63) is 106 Å². The number of carbonyl (C=O) groups excluding carboxylic acids is 1. The van der Waals surface area contributed by atoms with Crippen LogP contribution in [0, 0.1) is 10.1 Å². The molecule has 0 aliphatic heterocycles. The zero-order valence-electron chi connectivity index (χ0n) is 13.7. The van der Waals surface area contributed by atoms with Crippen molar-refractivity contribution in [1.29, 1.82) is 0 Å². The number of nitro groups is 1. The van der Waals surface area contributed by atoms with Crippen LogP contribution in [0.15, 0.2) is 78.9 Å². The normalized spacial score (nSPS) is 11.2. The summed E-state index contributed by atoms with van der Waals surface area (Å²) < 4.78 is 0. The van der Waals surface area contributed by atoms with Crippen LogP contribution in [0.3, 0.4) is 0 Å². The number of hydrogen-bond acceptors (Lipinski definition) is 4. The molecular weight excluding hydrogens is 330 g/mol. The number of allylic oxidation sites excluding steroid dienone is 1. The number of phenols is 1. The molecule has 0 unspecified atom stereocenters. The van der Waals surface area contributed by atoms with Gasteiger partial charge in [-0.2, -0.15) is 0 Å². The molecule has 0 heterocycles. The van der Waals surface area contributed by atoms with E-state index in [1.807, 2.05) is 18.2 Å². The van der Waals surface area contributed by atoms with Crippen LogP contribution in [0.25, 0.3) is 11.6 Å². The number of ketones is 1. The van der Waals surface area contributed by atoms with Crippen molar-refractivity contribution in [1.82, 2.24) is 0 Å². The van der Waals surface area contributed by atoms with Gasteiger partial charge in [0.05, 0.1) is 10.5 Å². The SMILES string of the molecule is O=C(/C(=C/c1ccc([N+](=O)[O-])cc1)c1ccccc1)c1ccccc1O. The third-order valence-electron chi connectivity index (χ3n) is 3.89. The molecule has 0 aromatic heterocycles. The van der Waals surface area contributed by atoms with Crippen LogP contribution < -0.4 is 0 Å². The Morgan fingerprint density at radius 1 is 0.885 bits per heavy atom. The van der Waals surface area contributed by atoms with Gasteiger partial charge in [-0.25, -0.2) is 0 Å². The zero-order valence-corrected chi connectivity index (χ0v) is 13.7. The number of benzene rings is 3. The van der Waals surface area contributed by atoms with Crippen molar-refractivity contribution in [3.63, 3.8) is 0 Å². The highest BCUT2D eigenvalue weighted by Crippen LogP contribution is 2.27. The average molecular weight is 345 g/mol. The van der Waals surface area contributed by atoms with Gasteiger partial charge in [-0.15, -0.1) is 0 Å². The molecule has 0 aliphatic rings. The number of phenolic OH excluding ortho intramolecular Hbond substituents is 1. The van der Waals surface area contributed by atoms with Gasteiger partial charge in [0.15, 0.2) is 5.78 Å². The maximum atomic E-state index is 13.0. The van der Waals surface area contributed by atoms with Gasteiger partial charge in [0.25, 0.3) is 5.69 Å². The Morgan fingerprint density at radius 2 is 1.50 bits per heavy atom. The molecule has 0 atom stereocenters. The molecule has 0 saturated carbocycles. The summed E-state index contributed by atoms with van der Waals surface area (Å²) in [6.45, 7) is 0. The van der Waals surface area contributed by atoms with Gasteiger partial charge in [0, 0.05) is 17.7 Å². The molecule has 3 aromatic rings. The summed E-state index contributed by atoms with van der Waals surface area (Å²) in [6, 6.07) is 21.4. The number of para-hydroxylation sites is 1. The smallest absolute Gasteiger partial charge is 0.269 e. The topological polar surface area (TPSA) is 80.4 Å². The predicted molar refractivity (Wildman–Crippen MR) is 99.8 cm³/mol. The first-order chi connectivity index (χ1) is 12.6. The lowest BCUT2D eigenvalue weighted by Gasteiger charge is -2.09. The van der Waals surface area contributed by atoms with E-state index in [1.165, 1.54) is 18.2 Å². The van der Waals surface area contributed by atoms with Gasteiger partial charge in [-0.05, 0) is 41.5 Å². The van der Waals surface area contributed by atoms with Gasteiger partial charge in [-0.3, -0.25) is 14.9 Å². The van der Waals surface area contributed by atoms with Gasteiger partial charge in [-0.1, -0.05) is 42.5 Å². The van der Waals surface area contributed by atoms with Gasteiger partial charge in [0.1, 0.15) is 5.75 Å². The van der Waals surface area contributed by atoms with Gasteiger partial charge >= 0.3 is 0 Å². The number of non-ortho nitro benzene ring substituents is 1. The quantitative estimate of drug-likeness (QED) is 0.238. The lowest BCUT2D eigenvalue weighted by atomic mass is 9.94. The molecule has 1 N–H and O–H groups in total. The second-order valence-electron chi connectivity index (χ2n) is 5.62. The number of hydrogen-bond donors (Lipinski definition) is 1. The lowest BCUT2D eigenvalue weighted by molar-refractivity contribution is -0.384. The summed E-state index contributed by atoms with van der Waals surface area (Å²) in [4.78, 5) is 23.3. The minimum Gasteiger partial charge on any atom is -0.507 e. The Balaban J connectivity index is 2.08. The number of Topliss-reactive ketones (excluding diaryl/α,β-unsaturated/α-hetero) is 1. The summed E-state index contributed by atoms with van der Waals surface area (Å²) in [5.41, 5.74) is 1.92. The summed E-state index contributed by atoms with van der Waals surface area (Å²) >= 11 is 0. The Morgan fingerprint density at radius 3 is 2.12 bits per heavy atom. The maximum Gasteiger partial charge on any atom is 0.269 e. The van der Waals surface area contributed by atoms with E-state index in [2.05, 4.69) is 0 Å². The average Bonchev–Trinajstić information content (AvgIpc) is 2.67. The molecule has 3 rings (SSSR count). The molecule has 0 saturated heterocycles. The first-order valence-electron chi connectivity index (χ1n) is 7.90. The Bertz CT molecular complexity index is 976. The molecule has 5 heteroatoms. The van der Waals surface area contributed by atoms with Crippen molar-refractivity contribution in [2.24, 2.45) is 0 Å². The fourth-order valence-electron chi connectivity index (χ4n) is 2.57. The van der Waals surface area contributed by atoms with Crippen molar-refractivity contribution in [2.75, 3.05) is 0 Å². The van der Waals surface area contributed by atoms with Crippen molar-refractivity contribution < 1.29 is 14.8 Å². The third kappa shape index (κ3) is 3.67. The van der Waals surface area contributed by atoms with Crippen molar-refractivity contribution in [2.45, 2.75) is 0 Å². The molecular formula is C21H15NO4. The molecule has 0 bridgehead atoms. The standard InChI is InChI=1S/C21H15NO4/c23-20-9-5-4-8-18(20)21(24)19(16-6-2-1-3-7-16)14-15-10-12-17(13-11-15)22(25)26/h1-14,23H/b19-14+. The Kier molecular flexibility index (Phi) is 4.90. The summed E-state index contributed by atoms with van der Waals surface area (Å²) in [5.74, 6) is -0.421. The van der Waals surface area contributed by atoms with Gasteiger partial charge < -0.3 is 5.11 Å². The van der Waals surface area contributed by atoms with Gasteiger partial charge in [0.2, 0.25) is 0 Å². The number of nitro benzene ring substituents is 1. The Hall–Kier alpha value is -3.73. The Labute approximate surface area is 150 Å². The van der Waals surface area contributed by atoms with E-state index in [-0.39, 0.29) is 22.8 Å². The largest absolute Gasteiger partial charge is 0.507 e. The zero-order chi connectivity index (χ0) is 18.5. The number of rotatable bonds is 5. The summed E-state index contributed by atoms with van der Waals surface area (Å²) in [5, 5.41) is 20.8. The van der Waals surface area contributed by atoms with E-state index >= 15 is 0 Å². The highest BCUT2D eigenvalue weighted by Gasteiger charge is 2.17. The van der Waals surface area contributed by atoms with Crippen LogP contribution >= 0.6 is 0 Å². The second-order valence-corrected chi connectivity index (χ2v) is 5.62. The van der Waals surface area contributed by atoms with E-state index in [0.717, 1.165) is 0 Å². The summed E-state index contributed by atoms with van der Waals surface area (Å²) in [6.07, 6.45) is 1.66. The maximum absolute atomic E-state index is 13.0. The number of carbonyl (C=O) groups is 1. The molecule has 128 valence electrons. The van der Waals surface area contributed by atoms with E-state index < -0.39 is 4.92 Å². The third-order valence-corrected chi connectivity index (χ3v) is 3.89. The van der Waals surface area contributed by atoms with Crippen LogP contribution in [-0.2, 0) is 0 Å². The fraction of sp³-hybridized carbons (Fsp3) is 0. The van der Waals surface area contributed by atoms with E-state index in [1.54, 1.807) is 48.5 Å². The van der Waals surface area contributed by atoms with E-state index in [4.69, 9.17) is 0 Å². The molecule has 0 amide bonds. The highest BCUT2D eigenvalue weighted by atomic mass is 16.6. The lowest BCUT2D eigenvalue weighted by Crippen LogP contribution is -2.03. The monoisotopic (exact) mass is 345 g/mol. The minimum absolute atomic E-state index is 0.0181. The molecule has 0 aliphatic carbocycles. The van der Waals surface area contributed by atoms with Crippen LogP contribution in [0.2, 0.25) is 0 Å². The predicted octanol–water partition coefficient (Wildman–Crippen LogP) is 4.72. The minimum atomic E-state index is -0.473. The molecule has 0 spiro atoms. The molecule has 3 aromatic carbocycles. The number of aromatic hydroxyl groups is 1. The van der Waals surface area contributed by atoms with Crippen LogP contribution in [0.5, 0.6) is 5.75 Å². The molecule has 0 fully saturated rings. The van der Waals surface area contributed by atoms with Crippen molar-refractivity contribution in [3.8, 4) is 5.75 Å². The summed E-state index contributed by atoms with van der Waals surface area (Å²) in [7, 11) is 0. The van der Waals surface area contributed by atoms with Crippen molar-refractivity contribution >= 4 is 23.1 Å². The number of nitrogens with zero attached hydrogens (tertiary/aromatic N) is 1. The van der Waals surface area contributed by atoms with E-state index in [9.17, 15) is 20.0 Å². The van der Waals surface area contributed by atoms with Crippen LogP contribution in [0.1, 0.15) is 21.5 Å².